The van der Waals surface area contributed by atoms with E-state index < -0.39 is 50.0 Å². The second-order valence-corrected chi connectivity index (χ2v) is 10.5. The molecule has 0 fully saturated rings. The molecule has 0 amide bonds. The van der Waals surface area contributed by atoms with E-state index in [0.29, 0.717) is 19.3 Å². The first kappa shape index (κ1) is 29.5. The van der Waals surface area contributed by atoms with Crippen LogP contribution in [0.1, 0.15) is 30.6 Å². The van der Waals surface area contributed by atoms with Crippen molar-refractivity contribution in [1.29, 1.82) is 0 Å². The molecule has 0 spiro atoms. The molecule has 0 bridgehead atoms. The summed E-state index contributed by atoms with van der Waals surface area (Å²) >= 11 is 3.56. The zero-order valence-corrected chi connectivity index (χ0v) is 22.9. The summed E-state index contributed by atoms with van der Waals surface area (Å²) in [5.41, 5.74) is -0.297. The SMILES string of the molecule is CCC(C)C(=O)OCCOc1c(I)cc(C(=O)Oc2c(F)c(F)c(S(=O)(=O)[O-])c(F)c2F)cc1I. The summed E-state index contributed by atoms with van der Waals surface area (Å²) in [4.78, 5) is 21.7. The Morgan fingerprint density at radius 1 is 0.971 bits per heavy atom. The van der Waals surface area contributed by atoms with E-state index in [1.165, 1.54) is 12.1 Å². The highest BCUT2D eigenvalue weighted by Crippen LogP contribution is 2.34. The Kier molecular flexibility index (Phi) is 10.1. The lowest BCUT2D eigenvalue weighted by molar-refractivity contribution is -0.148. The lowest BCUT2D eigenvalue weighted by Crippen LogP contribution is -2.18. The number of hydrogen-bond donors (Lipinski definition) is 0. The molecule has 2 rings (SSSR count). The summed E-state index contributed by atoms with van der Waals surface area (Å²) in [5.74, 6) is -13.4. The van der Waals surface area contributed by atoms with Crippen LogP contribution in [0.15, 0.2) is 17.0 Å². The fraction of sp³-hybridized carbons (Fsp3) is 0.300. The quantitative estimate of drug-likeness (QED) is 0.0699. The molecule has 0 aromatic heterocycles. The predicted molar refractivity (Wildman–Crippen MR) is 127 cm³/mol. The van der Waals surface area contributed by atoms with Gasteiger partial charge in [0.15, 0.2) is 11.6 Å². The molecule has 2 aromatic carbocycles. The molecule has 0 heterocycles. The van der Waals surface area contributed by atoms with Gasteiger partial charge in [-0.3, -0.25) is 4.79 Å². The van der Waals surface area contributed by atoms with Crippen LogP contribution in [0.3, 0.4) is 0 Å². The molecule has 35 heavy (non-hydrogen) atoms. The van der Waals surface area contributed by atoms with E-state index in [1.807, 2.05) is 6.92 Å². The van der Waals surface area contributed by atoms with Gasteiger partial charge in [-0.1, -0.05) is 13.8 Å². The fourth-order valence-electron chi connectivity index (χ4n) is 2.46. The largest absolute Gasteiger partial charge is 0.744 e. The van der Waals surface area contributed by atoms with Gasteiger partial charge in [0.2, 0.25) is 17.4 Å². The van der Waals surface area contributed by atoms with Crippen LogP contribution >= 0.6 is 45.2 Å². The number of carbonyl (C=O) groups is 2. The van der Waals surface area contributed by atoms with Crippen LogP contribution in [0.25, 0.3) is 0 Å². The lowest BCUT2D eigenvalue weighted by Gasteiger charge is -2.15. The minimum atomic E-state index is -5.91. The maximum atomic E-state index is 14.1. The highest BCUT2D eigenvalue weighted by Gasteiger charge is 2.31. The number of esters is 2. The Morgan fingerprint density at radius 2 is 1.49 bits per heavy atom. The fourth-order valence-corrected chi connectivity index (χ4v) is 5.16. The summed E-state index contributed by atoms with van der Waals surface area (Å²) in [6, 6.07) is 2.37. The van der Waals surface area contributed by atoms with Crippen LogP contribution in [0.4, 0.5) is 17.6 Å². The molecule has 0 radical (unpaired) electrons. The number of carbonyl (C=O) groups excluding carboxylic acids is 2. The van der Waals surface area contributed by atoms with E-state index in [9.17, 15) is 40.1 Å². The predicted octanol–water partition coefficient (Wildman–Crippen LogP) is 4.54. The first-order valence-corrected chi connectivity index (χ1v) is 13.1. The highest BCUT2D eigenvalue weighted by molar-refractivity contribution is 14.1. The van der Waals surface area contributed by atoms with E-state index in [2.05, 4.69) is 4.74 Å². The lowest BCUT2D eigenvalue weighted by atomic mass is 10.1. The van der Waals surface area contributed by atoms with Gasteiger partial charge in [-0.2, -0.15) is 8.78 Å². The average Bonchev–Trinajstić information content (AvgIpc) is 2.77. The summed E-state index contributed by atoms with van der Waals surface area (Å²) < 4.78 is 104. The summed E-state index contributed by atoms with van der Waals surface area (Å²) in [5, 5.41) is 0. The van der Waals surface area contributed by atoms with Crippen LogP contribution in [0.2, 0.25) is 0 Å². The summed E-state index contributed by atoms with van der Waals surface area (Å²) in [6.07, 6.45) is 0.613. The molecule has 1 unspecified atom stereocenters. The topological polar surface area (TPSA) is 119 Å². The van der Waals surface area contributed by atoms with Gasteiger partial charge in [0.05, 0.1) is 18.6 Å². The molecular formula is C20H15F4I2O8S-. The Bertz CT molecular complexity index is 1220. The van der Waals surface area contributed by atoms with Crippen LogP contribution in [-0.2, 0) is 19.6 Å². The minimum absolute atomic E-state index is 0.0120. The van der Waals surface area contributed by atoms with Gasteiger partial charge in [0.1, 0.15) is 34.0 Å². The maximum absolute atomic E-state index is 14.1. The van der Waals surface area contributed by atoms with Gasteiger partial charge in [-0.15, -0.1) is 0 Å². The van der Waals surface area contributed by atoms with Crippen LogP contribution in [-0.4, -0.2) is 38.1 Å². The Labute approximate surface area is 224 Å². The minimum Gasteiger partial charge on any atom is -0.744 e. The van der Waals surface area contributed by atoms with Crippen molar-refractivity contribution >= 4 is 67.2 Å². The van der Waals surface area contributed by atoms with Gasteiger partial charge in [0, 0.05) is 0 Å². The first-order chi connectivity index (χ1) is 16.2. The number of ether oxygens (including phenoxy) is 3. The molecule has 0 aliphatic heterocycles. The number of halogens is 6. The van der Waals surface area contributed by atoms with Crippen molar-refractivity contribution in [1.82, 2.24) is 0 Å². The first-order valence-electron chi connectivity index (χ1n) is 9.53. The van der Waals surface area contributed by atoms with Crippen molar-refractivity contribution in [3.63, 3.8) is 0 Å². The Balaban J connectivity index is 2.22. The van der Waals surface area contributed by atoms with Crippen molar-refractivity contribution in [2.75, 3.05) is 13.2 Å². The van der Waals surface area contributed by atoms with Crippen molar-refractivity contribution in [2.45, 2.75) is 25.2 Å². The Hall–Kier alpha value is -1.73. The van der Waals surface area contributed by atoms with Gasteiger partial charge in [0.25, 0.3) is 0 Å². The van der Waals surface area contributed by atoms with E-state index in [4.69, 9.17) is 9.47 Å². The normalized spacial score (nSPS) is 12.3. The molecule has 192 valence electrons. The van der Waals surface area contributed by atoms with E-state index >= 15 is 0 Å². The van der Waals surface area contributed by atoms with Gasteiger partial charge in [-0.05, 0) is 63.7 Å². The van der Waals surface area contributed by atoms with E-state index in [0.717, 1.165) is 0 Å². The number of hydrogen-bond acceptors (Lipinski definition) is 8. The molecule has 0 saturated carbocycles. The molecule has 0 aliphatic carbocycles. The molecule has 1 atom stereocenters. The highest BCUT2D eigenvalue weighted by atomic mass is 127. The molecule has 0 saturated heterocycles. The van der Waals surface area contributed by atoms with E-state index in [1.54, 1.807) is 52.1 Å². The molecule has 0 N–H and O–H groups in total. The van der Waals surface area contributed by atoms with Crippen LogP contribution in [0, 0.1) is 36.3 Å². The zero-order valence-electron chi connectivity index (χ0n) is 17.8. The second kappa shape index (κ2) is 12.0. The van der Waals surface area contributed by atoms with Gasteiger partial charge in [-0.25, -0.2) is 22.0 Å². The maximum Gasteiger partial charge on any atom is 0.343 e. The van der Waals surface area contributed by atoms with Gasteiger partial charge < -0.3 is 18.8 Å². The average molecular weight is 745 g/mol. The number of rotatable bonds is 9. The summed E-state index contributed by atoms with van der Waals surface area (Å²) in [6.45, 7) is 3.50. The standard InChI is InChI=1S/C20H16F4I2O8S/c1-3-8(2)19(27)33-5-4-32-16-10(25)6-9(7-11(16)26)20(28)34-17-12(21)14(23)18(35(29,30)31)15(24)13(17)22/h6-8H,3-5H2,1-2H3,(H,29,30,31)/p-1. The van der Waals surface area contributed by atoms with Crippen molar-refractivity contribution in [3.05, 3.63) is 48.1 Å². The van der Waals surface area contributed by atoms with E-state index in [-0.39, 0.29) is 30.7 Å². The summed E-state index contributed by atoms with van der Waals surface area (Å²) in [7, 11) is -5.91. The second-order valence-electron chi connectivity index (χ2n) is 6.85. The van der Waals surface area contributed by atoms with Crippen LogP contribution < -0.4 is 9.47 Å². The number of benzene rings is 2. The third-order valence-electron chi connectivity index (χ3n) is 4.45. The third-order valence-corrected chi connectivity index (χ3v) is 6.91. The van der Waals surface area contributed by atoms with Crippen molar-refractivity contribution in [2.24, 2.45) is 5.92 Å². The third kappa shape index (κ3) is 6.94. The molecule has 0 aliphatic rings. The van der Waals surface area contributed by atoms with Crippen molar-refractivity contribution < 1.29 is 54.3 Å². The molecule has 2 aromatic rings. The van der Waals surface area contributed by atoms with Crippen LogP contribution in [0.5, 0.6) is 11.5 Å². The smallest absolute Gasteiger partial charge is 0.343 e. The molecule has 15 heteroatoms. The zero-order chi connectivity index (χ0) is 26.7. The molecular weight excluding hydrogens is 730 g/mol. The van der Waals surface area contributed by atoms with Gasteiger partial charge >= 0.3 is 11.9 Å². The van der Waals surface area contributed by atoms with Crippen molar-refractivity contribution in [3.8, 4) is 11.5 Å². The Morgan fingerprint density at radius 3 is 1.94 bits per heavy atom. The molecule has 8 nitrogen and oxygen atoms in total. The monoisotopic (exact) mass is 745 g/mol.